The van der Waals surface area contributed by atoms with E-state index in [1.165, 1.54) is 5.56 Å². The van der Waals surface area contributed by atoms with E-state index in [9.17, 15) is 9.59 Å². The van der Waals surface area contributed by atoms with Gasteiger partial charge < -0.3 is 15.4 Å². The van der Waals surface area contributed by atoms with E-state index in [0.29, 0.717) is 30.1 Å². The van der Waals surface area contributed by atoms with Crippen molar-refractivity contribution < 1.29 is 14.3 Å². The van der Waals surface area contributed by atoms with Crippen LogP contribution in [-0.4, -0.2) is 23.5 Å². The van der Waals surface area contributed by atoms with E-state index in [1.807, 2.05) is 12.1 Å². The molecule has 3 aromatic rings. The number of aryl methyl sites for hydroxylation is 1. The van der Waals surface area contributed by atoms with Gasteiger partial charge in [0.15, 0.2) is 0 Å². The molecular formula is C23H23N3O3. The van der Waals surface area contributed by atoms with E-state index in [4.69, 9.17) is 4.74 Å². The number of nitrogens with one attached hydrogen (secondary N) is 2. The topological polar surface area (TPSA) is 80.3 Å². The molecule has 3 rings (SSSR count). The van der Waals surface area contributed by atoms with Gasteiger partial charge in [0.2, 0.25) is 0 Å². The number of carbonyl (C=O) groups excluding carboxylic acids is 2. The molecule has 6 heteroatoms. The number of pyridine rings is 1. The van der Waals surface area contributed by atoms with Crippen LogP contribution >= 0.6 is 0 Å². The lowest BCUT2D eigenvalue weighted by molar-refractivity contribution is 0.0526. The molecule has 0 atom stereocenters. The molecule has 0 radical (unpaired) electrons. The molecule has 0 saturated carbocycles. The Balaban J connectivity index is 1.62. The second-order valence-electron chi connectivity index (χ2n) is 6.52. The molecule has 0 aliphatic rings. The Kier molecular flexibility index (Phi) is 6.58. The Morgan fingerprint density at radius 1 is 1.00 bits per heavy atom. The lowest BCUT2D eigenvalue weighted by Crippen LogP contribution is -2.14. The fraction of sp³-hybridized carbons (Fsp3) is 0.174. The standard InChI is InChI=1S/C23H23N3O3/c1-3-29-23(28)18-7-9-19(10-8-18)26-22(27)21-14-20(11-12-24-21)25-15-17-6-4-5-16(2)13-17/h4-14H,3,15H2,1-2H3,(H,24,25)(H,26,27). The zero-order valence-electron chi connectivity index (χ0n) is 16.4. The van der Waals surface area contributed by atoms with Gasteiger partial charge >= 0.3 is 5.97 Å². The Labute approximate surface area is 169 Å². The first-order valence-electron chi connectivity index (χ1n) is 9.39. The number of hydrogen-bond donors (Lipinski definition) is 2. The van der Waals surface area contributed by atoms with Gasteiger partial charge in [0, 0.05) is 24.1 Å². The molecule has 0 fully saturated rings. The second-order valence-corrected chi connectivity index (χ2v) is 6.52. The highest BCUT2D eigenvalue weighted by atomic mass is 16.5. The summed E-state index contributed by atoms with van der Waals surface area (Å²) in [6.45, 7) is 4.78. The lowest BCUT2D eigenvalue weighted by Gasteiger charge is -2.09. The van der Waals surface area contributed by atoms with Crippen LogP contribution in [0.4, 0.5) is 11.4 Å². The first-order valence-corrected chi connectivity index (χ1v) is 9.39. The van der Waals surface area contributed by atoms with Crippen LogP contribution in [0.5, 0.6) is 0 Å². The third-order valence-electron chi connectivity index (χ3n) is 4.23. The maximum absolute atomic E-state index is 12.5. The molecule has 2 N–H and O–H groups in total. The van der Waals surface area contributed by atoms with Crippen molar-refractivity contribution in [3.8, 4) is 0 Å². The van der Waals surface area contributed by atoms with Crippen molar-refractivity contribution in [2.75, 3.05) is 17.2 Å². The maximum Gasteiger partial charge on any atom is 0.338 e. The number of benzene rings is 2. The second kappa shape index (κ2) is 9.50. The fourth-order valence-electron chi connectivity index (χ4n) is 2.79. The summed E-state index contributed by atoms with van der Waals surface area (Å²) in [7, 11) is 0. The number of nitrogens with zero attached hydrogens (tertiary/aromatic N) is 1. The predicted molar refractivity (Wildman–Crippen MR) is 113 cm³/mol. The van der Waals surface area contributed by atoms with Crippen LogP contribution in [0.25, 0.3) is 0 Å². The number of ether oxygens (including phenoxy) is 1. The molecule has 1 heterocycles. The minimum Gasteiger partial charge on any atom is -0.462 e. The summed E-state index contributed by atoms with van der Waals surface area (Å²) >= 11 is 0. The Morgan fingerprint density at radius 2 is 1.79 bits per heavy atom. The monoisotopic (exact) mass is 389 g/mol. The highest BCUT2D eigenvalue weighted by Crippen LogP contribution is 2.15. The van der Waals surface area contributed by atoms with Crippen LogP contribution in [0, 0.1) is 6.92 Å². The third-order valence-corrected chi connectivity index (χ3v) is 4.23. The van der Waals surface area contributed by atoms with Crippen LogP contribution in [0.15, 0.2) is 66.9 Å². The minimum atomic E-state index is -0.389. The summed E-state index contributed by atoms with van der Waals surface area (Å²) < 4.78 is 4.95. The summed E-state index contributed by atoms with van der Waals surface area (Å²) in [5.74, 6) is -0.715. The fourth-order valence-corrected chi connectivity index (χ4v) is 2.79. The summed E-state index contributed by atoms with van der Waals surface area (Å²) in [4.78, 5) is 28.4. The van der Waals surface area contributed by atoms with Crippen LogP contribution in [0.1, 0.15) is 38.9 Å². The molecule has 0 unspecified atom stereocenters. The van der Waals surface area contributed by atoms with Gasteiger partial charge in [0.1, 0.15) is 5.69 Å². The summed E-state index contributed by atoms with van der Waals surface area (Å²) in [5.41, 5.74) is 4.48. The van der Waals surface area contributed by atoms with E-state index in [0.717, 1.165) is 11.3 Å². The Hall–Kier alpha value is -3.67. The van der Waals surface area contributed by atoms with Crippen LogP contribution < -0.4 is 10.6 Å². The zero-order valence-corrected chi connectivity index (χ0v) is 16.4. The van der Waals surface area contributed by atoms with Gasteiger partial charge in [-0.15, -0.1) is 0 Å². The predicted octanol–water partition coefficient (Wildman–Crippen LogP) is 4.43. The quantitative estimate of drug-likeness (QED) is 0.584. The molecule has 0 aliphatic heterocycles. The van der Waals surface area contributed by atoms with Crippen LogP contribution in [0.2, 0.25) is 0 Å². The van der Waals surface area contributed by atoms with Gasteiger partial charge in [-0.25, -0.2) is 4.79 Å². The van der Waals surface area contributed by atoms with Gasteiger partial charge in [0.05, 0.1) is 12.2 Å². The molecule has 148 valence electrons. The molecule has 0 saturated heterocycles. The van der Waals surface area contributed by atoms with E-state index in [2.05, 4.69) is 40.7 Å². The van der Waals surface area contributed by atoms with E-state index in [-0.39, 0.29) is 11.9 Å². The average Bonchev–Trinajstić information content (AvgIpc) is 2.73. The molecule has 0 spiro atoms. The molecule has 1 amide bonds. The SMILES string of the molecule is CCOC(=O)c1ccc(NC(=O)c2cc(NCc3cccc(C)c3)ccn2)cc1. The molecule has 1 aromatic heterocycles. The third kappa shape index (κ3) is 5.65. The van der Waals surface area contributed by atoms with Crippen molar-refractivity contribution in [2.24, 2.45) is 0 Å². The number of aromatic nitrogens is 1. The van der Waals surface area contributed by atoms with E-state index < -0.39 is 0 Å². The van der Waals surface area contributed by atoms with E-state index >= 15 is 0 Å². The highest BCUT2D eigenvalue weighted by Gasteiger charge is 2.10. The summed E-state index contributed by atoms with van der Waals surface area (Å²) in [5, 5.41) is 6.09. The van der Waals surface area contributed by atoms with Gasteiger partial charge in [0.25, 0.3) is 5.91 Å². The van der Waals surface area contributed by atoms with Crippen molar-refractivity contribution in [1.29, 1.82) is 0 Å². The number of esters is 1. The molecular weight excluding hydrogens is 366 g/mol. The molecule has 29 heavy (non-hydrogen) atoms. The summed E-state index contributed by atoms with van der Waals surface area (Å²) in [6.07, 6.45) is 1.59. The van der Waals surface area contributed by atoms with Gasteiger partial charge in [-0.2, -0.15) is 0 Å². The lowest BCUT2D eigenvalue weighted by atomic mass is 10.1. The minimum absolute atomic E-state index is 0.300. The normalized spacial score (nSPS) is 10.3. The maximum atomic E-state index is 12.5. The molecule has 2 aromatic carbocycles. The van der Waals surface area contributed by atoms with Crippen molar-refractivity contribution in [2.45, 2.75) is 20.4 Å². The average molecular weight is 389 g/mol. The number of carbonyl (C=O) groups is 2. The highest BCUT2D eigenvalue weighted by molar-refractivity contribution is 6.03. The smallest absolute Gasteiger partial charge is 0.338 e. The van der Waals surface area contributed by atoms with E-state index in [1.54, 1.807) is 43.5 Å². The van der Waals surface area contributed by atoms with Crippen LogP contribution in [-0.2, 0) is 11.3 Å². The van der Waals surface area contributed by atoms with Crippen molar-refractivity contribution in [3.63, 3.8) is 0 Å². The van der Waals surface area contributed by atoms with Gasteiger partial charge in [-0.05, 0) is 55.8 Å². The number of rotatable bonds is 7. The Bertz CT molecular complexity index is 1000. The van der Waals surface area contributed by atoms with Crippen molar-refractivity contribution >= 4 is 23.3 Å². The van der Waals surface area contributed by atoms with Crippen molar-refractivity contribution in [3.05, 3.63) is 89.2 Å². The number of hydrogen-bond acceptors (Lipinski definition) is 5. The Morgan fingerprint density at radius 3 is 2.52 bits per heavy atom. The van der Waals surface area contributed by atoms with Crippen LogP contribution in [0.3, 0.4) is 0 Å². The zero-order chi connectivity index (χ0) is 20.6. The summed E-state index contributed by atoms with van der Waals surface area (Å²) in [6, 6.07) is 18.3. The number of amides is 1. The number of anilines is 2. The van der Waals surface area contributed by atoms with Crippen molar-refractivity contribution in [1.82, 2.24) is 4.98 Å². The van der Waals surface area contributed by atoms with Gasteiger partial charge in [-0.3, -0.25) is 9.78 Å². The largest absolute Gasteiger partial charge is 0.462 e. The molecule has 0 bridgehead atoms. The first kappa shape index (κ1) is 20.1. The van der Waals surface area contributed by atoms with Gasteiger partial charge in [-0.1, -0.05) is 29.8 Å². The molecule has 6 nitrogen and oxygen atoms in total. The molecule has 0 aliphatic carbocycles. The first-order chi connectivity index (χ1) is 14.0.